The minimum atomic E-state index is -0.203. The first-order valence-electron chi connectivity index (χ1n) is 8.04. The van der Waals surface area contributed by atoms with E-state index in [4.69, 9.17) is 4.52 Å². The van der Waals surface area contributed by atoms with Crippen LogP contribution in [0, 0.1) is 13.8 Å². The maximum Gasteiger partial charge on any atom is 0.315 e. The molecule has 1 heterocycles. The van der Waals surface area contributed by atoms with E-state index in [0.29, 0.717) is 13.1 Å². The van der Waals surface area contributed by atoms with E-state index in [1.165, 1.54) is 11.1 Å². The summed E-state index contributed by atoms with van der Waals surface area (Å²) in [5.41, 5.74) is 5.05. The van der Waals surface area contributed by atoms with Gasteiger partial charge in [0.15, 0.2) is 5.58 Å². The molecule has 3 aromatic rings. The fraction of sp³-hybridized carbons (Fsp3) is 0.263. The number of aromatic nitrogens is 1. The van der Waals surface area contributed by atoms with Crippen LogP contribution < -0.4 is 10.6 Å². The maximum atomic E-state index is 11.9. The molecule has 0 aliphatic carbocycles. The zero-order valence-corrected chi connectivity index (χ0v) is 13.9. The summed E-state index contributed by atoms with van der Waals surface area (Å²) in [5.74, 6) is 0. The number of amides is 2. The van der Waals surface area contributed by atoms with Gasteiger partial charge in [0.1, 0.15) is 5.69 Å². The predicted octanol–water partition coefficient (Wildman–Crippen LogP) is 3.49. The molecule has 0 atom stereocenters. The Balaban J connectivity index is 1.48. The van der Waals surface area contributed by atoms with Crippen LogP contribution in [0.3, 0.4) is 0 Å². The van der Waals surface area contributed by atoms with Gasteiger partial charge in [-0.1, -0.05) is 46.6 Å². The molecular weight excluding hydrogens is 302 g/mol. The van der Waals surface area contributed by atoms with Crippen molar-refractivity contribution < 1.29 is 9.32 Å². The predicted molar refractivity (Wildman–Crippen MR) is 93.9 cm³/mol. The number of hydrogen-bond acceptors (Lipinski definition) is 3. The van der Waals surface area contributed by atoms with Crippen LogP contribution in [-0.2, 0) is 13.0 Å². The number of rotatable bonds is 5. The van der Waals surface area contributed by atoms with Gasteiger partial charge >= 0.3 is 6.03 Å². The number of carbonyl (C=O) groups excluding carboxylic acids is 1. The summed E-state index contributed by atoms with van der Waals surface area (Å²) in [6.07, 6.45) is 0.805. The molecule has 0 spiro atoms. The number of fused-ring (bicyclic) bond motifs is 1. The molecule has 3 rings (SSSR count). The van der Waals surface area contributed by atoms with E-state index >= 15 is 0 Å². The summed E-state index contributed by atoms with van der Waals surface area (Å²) in [6, 6.07) is 14.0. The minimum Gasteiger partial charge on any atom is -0.356 e. The summed E-state index contributed by atoms with van der Waals surface area (Å²) >= 11 is 0. The van der Waals surface area contributed by atoms with E-state index in [0.717, 1.165) is 28.6 Å². The van der Waals surface area contributed by atoms with Crippen molar-refractivity contribution in [3.8, 4) is 0 Å². The van der Waals surface area contributed by atoms with Crippen LogP contribution in [-0.4, -0.2) is 17.7 Å². The van der Waals surface area contributed by atoms with Gasteiger partial charge in [0, 0.05) is 11.9 Å². The van der Waals surface area contributed by atoms with Gasteiger partial charge in [-0.3, -0.25) is 0 Å². The number of carbonyl (C=O) groups is 1. The summed E-state index contributed by atoms with van der Waals surface area (Å²) in [7, 11) is 0. The van der Waals surface area contributed by atoms with Crippen molar-refractivity contribution in [3.05, 3.63) is 64.8 Å². The number of nitrogens with one attached hydrogen (secondary N) is 2. The standard InChI is InChI=1S/C19H21N3O2/c1-13-3-6-15(7-4-13)9-10-20-19(23)21-12-17-16-11-14(2)5-8-18(16)24-22-17/h3-8,11H,9-10,12H2,1-2H3,(H2,20,21,23). The molecule has 0 fully saturated rings. The summed E-state index contributed by atoms with van der Waals surface area (Å²) in [4.78, 5) is 11.9. The normalized spacial score (nSPS) is 10.8. The second kappa shape index (κ2) is 7.17. The molecule has 0 saturated carbocycles. The van der Waals surface area contributed by atoms with E-state index in [1.54, 1.807) is 0 Å². The number of aryl methyl sites for hydroxylation is 2. The lowest BCUT2D eigenvalue weighted by atomic mass is 10.1. The average molecular weight is 323 g/mol. The Kier molecular flexibility index (Phi) is 4.79. The third-order valence-electron chi connectivity index (χ3n) is 3.94. The SMILES string of the molecule is Cc1ccc(CCNC(=O)NCc2noc3ccc(C)cc23)cc1. The zero-order chi connectivity index (χ0) is 16.9. The fourth-order valence-electron chi connectivity index (χ4n) is 2.53. The van der Waals surface area contributed by atoms with Crippen LogP contribution in [0.15, 0.2) is 47.0 Å². The molecule has 24 heavy (non-hydrogen) atoms. The lowest BCUT2D eigenvalue weighted by molar-refractivity contribution is 0.240. The van der Waals surface area contributed by atoms with E-state index in [-0.39, 0.29) is 6.03 Å². The monoisotopic (exact) mass is 323 g/mol. The lowest BCUT2D eigenvalue weighted by Gasteiger charge is -2.07. The minimum absolute atomic E-state index is 0.203. The van der Waals surface area contributed by atoms with Gasteiger partial charge in [0.2, 0.25) is 0 Å². The Morgan fingerprint density at radius 2 is 1.79 bits per heavy atom. The van der Waals surface area contributed by atoms with Crippen LogP contribution in [0.2, 0.25) is 0 Å². The fourth-order valence-corrected chi connectivity index (χ4v) is 2.53. The van der Waals surface area contributed by atoms with Crippen molar-refractivity contribution in [1.82, 2.24) is 15.8 Å². The summed E-state index contributed by atoms with van der Waals surface area (Å²) in [6.45, 7) is 5.01. The highest BCUT2D eigenvalue weighted by molar-refractivity contribution is 5.81. The first-order chi connectivity index (χ1) is 11.6. The Morgan fingerprint density at radius 3 is 2.58 bits per heavy atom. The van der Waals surface area contributed by atoms with Gasteiger partial charge in [-0.15, -0.1) is 0 Å². The van der Waals surface area contributed by atoms with E-state index < -0.39 is 0 Å². The van der Waals surface area contributed by atoms with E-state index in [9.17, 15) is 4.79 Å². The molecule has 0 radical (unpaired) electrons. The highest BCUT2D eigenvalue weighted by atomic mass is 16.5. The highest BCUT2D eigenvalue weighted by Gasteiger charge is 2.09. The number of hydrogen-bond donors (Lipinski definition) is 2. The van der Waals surface area contributed by atoms with E-state index in [2.05, 4.69) is 47.0 Å². The summed E-state index contributed by atoms with van der Waals surface area (Å²) < 4.78 is 5.26. The van der Waals surface area contributed by atoms with Gasteiger partial charge in [0.05, 0.1) is 6.54 Å². The number of urea groups is 1. The van der Waals surface area contributed by atoms with Crippen molar-refractivity contribution in [2.24, 2.45) is 0 Å². The average Bonchev–Trinajstić information content (AvgIpc) is 2.97. The third kappa shape index (κ3) is 3.93. The highest BCUT2D eigenvalue weighted by Crippen LogP contribution is 2.19. The summed E-state index contributed by atoms with van der Waals surface area (Å²) in [5, 5.41) is 10.6. The first-order valence-corrected chi connectivity index (χ1v) is 8.04. The molecule has 5 nitrogen and oxygen atoms in total. The van der Waals surface area contributed by atoms with Gasteiger partial charge in [-0.2, -0.15) is 0 Å². The molecule has 0 aliphatic heterocycles. The lowest BCUT2D eigenvalue weighted by Crippen LogP contribution is -2.36. The molecule has 124 valence electrons. The van der Waals surface area contributed by atoms with Crippen molar-refractivity contribution in [1.29, 1.82) is 0 Å². The molecule has 0 saturated heterocycles. The molecule has 0 bridgehead atoms. The molecule has 0 aliphatic rings. The van der Waals surface area contributed by atoms with Crippen molar-refractivity contribution in [2.45, 2.75) is 26.8 Å². The molecule has 2 amide bonds. The number of benzene rings is 2. The van der Waals surface area contributed by atoms with Crippen LogP contribution in [0.25, 0.3) is 11.0 Å². The number of nitrogens with zero attached hydrogens (tertiary/aromatic N) is 1. The Labute approximate surface area is 141 Å². The van der Waals surface area contributed by atoms with Crippen molar-refractivity contribution >= 4 is 17.0 Å². The van der Waals surface area contributed by atoms with Gasteiger partial charge in [-0.05, 0) is 38.0 Å². The second-order valence-corrected chi connectivity index (χ2v) is 5.97. The molecule has 2 N–H and O–H groups in total. The van der Waals surface area contributed by atoms with Crippen LogP contribution >= 0.6 is 0 Å². The van der Waals surface area contributed by atoms with Crippen LogP contribution in [0.5, 0.6) is 0 Å². The third-order valence-corrected chi connectivity index (χ3v) is 3.94. The Hall–Kier alpha value is -2.82. The van der Waals surface area contributed by atoms with Crippen molar-refractivity contribution in [3.63, 3.8) is 0 Å². The van der Waals surface area contributed by atoms with Crippen molar-refractivity contribution in [2.75, 3.05) is 6.54 Å². The molecule has 1 aromatic heterocycles. The van der Waals surface area contributed by atoms with E-state index in [1.807, 2.05) is 25.1 Å². The quantitative estimate of drug-likeness (QED) is 0.755. The Bertz CT molecular complexity index is 837. The van der Waals surface area contributed by atoms with Crippen LogP contribution in [0.1, 0.15) is 22.4 Å². The topological polar surface area (TPSA) is 67.2 Å². The maximum absolute atomic E-state index is 11.9. The second-order valence-electron chi connectivity index (χ2n) is 5.97. The Morgan fingerprint density at radius 1 is 1.04 bits per heavy atom. The smallest absolute Gasteiger partial charge is 0.315 e. The first kappa shape index (κ1) is 16.1. The molecular formula is C19H21N3O2. The molecule has 2 aromatic carbocycles. The molecule has 5 heteroatoms. The van der Waals surface area contributed by atoms with Gasteiger partial charge in [-0.25, -0.2) is 4.79 Å². The molecule has 0 unspecified atom stereocenters. The largest absolute Gasteiger partial charge is 0.356 e. The zero-order valence-electron chi connectivity index (χ0n) is 13.9. The van der Waals surface area contributed by atoms with Crippen LogP contribution in [0.4, 0.5) is 4.79 Å². The van der Waals surface area contributed by atoms with Gasteiger partial charge in [0.25, 0.3) is 0 Å². The van der Waals surface area contributed by atoms with Gasteiger partial charge < -0.3 is 15.2 Å².